The van der Waals surface area contributed by atoms with E-state index in [1.54, 1.807) is 0 Å². The number of carboxylic acids is 1. The van der Waals surface area contributed by atoms with Gasteiger partial charge in [-0.1, -0.05) is 23.2 Å². The number of alkyl halides is 6. The van der Waals surface area contributed by atoms with Gasteiger partial charge in [0, 0.05) is 11.5 Å². The fourth-order valence-corrected chi connectivity index (χ4v) is 2.53. The van der Waals surface area contributed by atoms with Gasteiger partial charge in [0.25, 0.3) is 0 Å². The summed E-state index contributed by atoms with van der Waals surface area (Å²) in [5.41, 5.74) is -3.96. The van der Waals surface area contributed by atoms with Crippen LogP contribution in [0.2, 0.25) is 10.3 Å². The summed E-state index contributed by atoms with van der Waals surface area (Å²) >= 11 is 10.6. The molecule has 0 radical (unpaired) electrons. The second-order valence-electron chi connectivity index (χ2n) is 6.87. The van der Waals surface area contributed by atoms with E-state index in [1.165, 1.54) is 18.9 Å². The molecule has 2 aromatic rings. The fourth-order valence-electron chi connectivity index (χ4n) is 2.24. The first kappa shape index (κ1) is 33.8. The summed E-state index contributed by atoms with van der Waals surface area (Å²) < 4.78 is 74.4. The minimum Gasteiger partial charge on any atom is -1.00 e. The number of nitrogens with zero attached hydrogens (tertiary/aromatic N) is 2. The summed E-state index contributed by atoms with van der Waals surface area (Å²) in [5, 5.41) is 7.77. The predicted octanol–water partition coefficient (Wildman–Crippen LogP) is 3.41. The van der Waals surface area contributed by atoms with Gasteiger partial charge in [0.1, 0.15) is 10.3 Å². The molecule has 0 unspecified atom stereocenters. The van der Waals surface area contributed by atoms with E-state index in [0.29, 0.717) is 12.8 Å². The number of halogens is 9. The number of aromatic nitrogens is 2. The van der Waals surface area contributed by atoms with Crippen molar-refractivity contribution in [2.45, 2.75) is 38.0 Å². The van der Waals surface area contributed by atoms with Crippen LogP contribution in [0.5, 0.6) is 0 Å². The van der Waals surface area contributed by atoms with Crippen molar-refractivity contribution < 1.29 is 58.0 Å². The Morgan fingerprint density at radius 1 is 0.857 bits per heavy atom. The van der Waals surface area contributed by atoms with Crippen LogP contribution in [0, 0.1) is 12.3 Å². The fraction of sp³-hybridized carbons (Fsp3) is 0.350. The molecule has 0 aliphatic heterocycles. The van der Waals surface area contributed by atoms with E-state index in [0.717, 1.165) is 18.2 Å². The van der Waals surface area contributed by atoms with Gasteiger partial charge >= 0.3 is 41.4 Å². The first-order valence-electron chi connectivity index (χ1n) is 9.28. The summed E-state index contributed by atoms with van der Waals surface area (Å²) in [7, 11) is 0. The monoisotopic (exact) mass is 618 g/mol. The van der Waals surface area contributed by atoms with Crippen molar-refractivity contribution in [3.63, 3.8) is 0 Å². The molecule has 4 rings (SSSR count). The van der Waals surface area contributed by atoms with Crippen LogP contribution in [-0.4, -0.2) is 49.9 Å². The molecule has 0 amide bonds. The van der Waals surface area contributed by atoms with Crippen LogP contribution in [0.1, 0.15) is 57.8 Å². The summed E-state index contributed by atoms with van der Waals surface area (Å²) in [6.45, 7) is 0. The van der Waals surface area contributed by atoms with Crippen LogP contribution in [0.4, 0.5) is 26.3 Å². The summed E-state index contributed by atoms with van der Waals surface area (Å²) in [5.74, 6) is -2.46. The first-order chi connectivity index (χ1) is 15.2. The van der Waals surface area contributed by atoms with Crippen LogP contribution < -0.4 is 17.0 Å². The summed E-state index contributed by atoms with van der Waals surface area (Å²) in [6.07, 6.45) is -3.17. The average Bonchev–Trinajstić information content (AvgIpc) is 3.58. The molecule has 15 heteroatoms. The van der Waals surface area contributed by atoms with E-state index in [4.69, 9.17) is 28.3 Å². The molecule has 2 heterocycles. The minimum absolute atomic E-state index is 0. The van der Waals surface area contributed by atoms with Gasteiger partial charge in [-0.05, 0) is 37.1 Å². The number of carboxylic acid groups (broad SMARTS) is 1. The van der Waals surface area contributed by atoms with Gasteiger partial charge in [-0.2, -0.15) is 26.3 Å². The molecule has 2 fully saturated rings. The number of aromatic carboxylic acids is 1. The normalized spacial score (nSPS) is 14.1. The van der Waals surface area contributed by atoms with Crippen molar-refractivity contribution in [2.75, 3.05) is 0 Å². The van der Waals surface area contributed by atoms with Gasteiger partial charge < -0.3 is 28.5 Å². The molecular weight excluding hydrogens is 605 g/mol. The van der Waals surface area contributed by atoms with Crippen LogP contribution >= 0.6 is 23.2 Å². The number of pyridine rings is 2. The number of rotatable bonds is 3. The number of carbonyl (C=O) groups is 2. The second-order valence-corrected chi connectivity index (χ2v) is 7.64. The molecule has 0 aromatic carbocycles. The SMILES string of the molecule is O=C(O)c1ccc(Cl)nc1C(F)(F)F.O=C(c1ccc(Cl)nc1C(F)(F)F)C1CC1.[Br-].[CH-]1CC1.[Mg+2]. The van der Waals surface area contributed by atoms with Gasteiger partial charge in [0.15, 0.2) is 17.2 Å². The van der Waals surface area contributed by atoms with Crippen LogP contribution in [0.3, 0.4) is 0 Å². The van der Waals surface area contributed by atoms with E-state index < -0.39 is 46.2 Å². The van der Waals surface area contributed by atoms with E-state index in [-0.39, 0.29) is 56.7 Å². The maximum Gasteiger partial charge on any atom is 2.00 e. The van der Waals surface area contributed by atoms with Gasteiger partial charge in [-0.3, -0.25) is 4.79 Å². The van der Waals surface area contributed by atoms with E-state index in [1.807, 2.05) is 0 Å². The maximum atomic E-state index is 12.6. The van der Waals surface area contributed by atoms with Crippen molar-refractivity contribution in [3.8, 4) is 0 Å². The Bertz CT molecular complexity index is 1030. The first-order valence-corrected chi connectivity index (χ1v) is 10.0. The molecule has 1 N–H and O–H groups in total. The van der Waals surface area contributed by atoms with Crippen LogP contribution in [0.15, 0.2) is 24.3 Å². The topological polar surface area (TPSA) is 80.1 Å². The molecule has 2 aromatic heterocycles. The van der Waals surface area contributed by atoms with E-state index in [9.17, 15) is 35.9 Å². The van der Waals surface area contributed by atoms with Gasteiger partial charge in [-0.25, -0.2) is 27.6 Å². The quantitative estimate of drug-likeness (QED) is 0.187. The molecular formula is C20H15BrCl2F6MgN2O3. The predicted molar refractivity (Wildman–Crippen MR) is 112 cm³/mol. The zero-order chi connectivity index (χ0) is 25.0. The zero-order valence-electron chi connectivity index (χ0n) is 17.6. The average molecular weight is 620 g/mol. The number of hydrogen-bond donors (Lipinski definition) is 1. The van der Waals surface area contributed by atoms with Crippen LogP contribution in [-0.2, 0) is 12.4 Å². The van der Waals surface area contributed by atoms with Gasteiger partial charge in [-0.15, -0.1) is 0 Å². The third-order valence-electron chi connectivity index (χ3n) is 3.99. The number of Topliss-reactive ketones (excluding diaryl/α,β-unsaturated/α-hetero) is 1. The molecule has 0 spiro atoms. The van der Waals surface area contributed by atoms with E-state index >= 15 is 0 Å². The summed E-state index contributed by atoms with van der Waals surface area (Å²) in [6, 6.07) is 4.05. The van der Waals surface area contributed by atoms with E-state index in [2.05, 4.69) is 16.4 Å². The molecule has 0 bridgehead atoms. The Balaban J connectivity index is 0.000000563. The molecule has 5 nitrogen and oxygen atoms in total. The molecule has 35 heavy (non-hydrogen) atoms. The Labute approximate surface area is 232 Å². The van der Waals surface area contributed by atoms with Crippen molar-refractivity contribution in [3.05, 3.63) is 63.5 Å². The third-order valence-corrected chi connectivity index (χ3v) is 4.41. The molecule has 2 aliphatic rings. The largest absolute Gasteiger partial charge is 2.00 e. The molecule has 188 valence electrons. The second kappa shape index (κ2) is 14.0. The van der Waals surface area contributed by atoms with Crippen LogP contribution in [0.25, 0.3) is 0 Å². The van der Waals surface area contributed by atoms with Crippen molar-refractivity contribution in [1.29, 1.82) is 0 Å². The Morgan fingerprint density at radius 3 is 1.54 bits per heavy atom. The Morgan fingerprint density at radius 2 is 1.23 bits per heavy atom. The smallest absolute Gasteiger partial charge is 1.00 e. The molecule has 0 atom stereocenters. The number of carbonyl (C=O) groups excluding carboxylic acids is 1. The minimum atomic E-state index is -4.82. The van der Waals surface area contributed by atoms with Crippen molar-refractivity contribution in [2.24, 2.45) is 5.92 Å². The Hall–Kier alpha value is -1.15. The third kappa shape index (κ3) is 11.2. The standard InChI is InChI=1S/C10H7ClF3NO.C7H3ClF3NO2.C3H5.BrH.Mg/c11-7-4-3-6(8(16)5-1-2-5)9(15-7)10(12,13)14;8-4-2-1-3(6(13)14)5(12-4)7(9,10)11;1-2-3-1;;/h3-5H,1-2H2;1-2H,(H,13,14);1H,2-3H2;1H;/q;;-1;;+2/p-1. The summed E-state index contributed by atoms with van der Waals surface area (Å²) in [4.78, 5) is 28.1. The number of hydrogen-bond acceptors (Lipinski definition) is 4. The van der Waals surface area contributed by atoms with Crippen molar-refractivity contribution >= 4 is 58.0 Å². The molecule has 2 aliphatic carbocycles. The number of ketones is 1. The Kier molecular flexibility index (Phi) is 13.5. The van der Waals surface area contributed by atoms with Gasteiger partial charge in [0.05, 0.1) is 5.56 Å². The maximum absolute atomic E-state index is 12.6. The van der Waals surface area contributed by atoms with Gasteiger partial charge in [0.2, 0.25) is 0 Å². The van der Waals surface area contributed by atoms with Crippen molar-refractivity contribution in [1.82, 2.24) is 9.97 Å². The molecule has 0 saturated heterocycles. The zero-order valence-corrected chi connectivity index (χ0v) is 22.1. The molecule has 2 saturated carbocycles.